The summed E-state index contributed by atoms with van der Waals surface area (Å²) < 4.78 is 19.1. The number of hydrogen-bond donors (Lipinski definition) is 1. The fourth-order valence-electron chi connectivity index (χ4n) is 4.12. The summed E-state index contributed by atoms with van der Waals surface area (Å²) in [5, 5.41) is 8.70. The molecule has 0 fully saturated rings. The van der Waals surface area contributed by atoms with Gasteiger partial charge in [-0.15, -0.1) is 0 Å². The van der Waals surface area contributed by atoms with E-state index >= 15 is 0 Å². The number of esters is 1. The van der Waals surface area contributed by atoms with E-state index in [9.17, 15) is 4.79 Å². The number of halogens is 2. The highest BCUT2D eigenvalue weighted by Gasteiger charge is 2.35. The van der Waals surface area contributed by atoms with Gasteiger partial charge >= 0.3 is 5.97 Å². The van der Waals surface area contributed by atoms with E-state index in [2.05, 4.69) is 22.3 Å². The van der Waals surface area contributed by atoms with Crippen LogP contribution in [0.2, 0.25) is 10.0 Å². The number of allylic oxidation sites excluding steroid dienone is 1. The SMILES string of the molecule is CCCC1=C(C(=O)OCC)[C@@H](c2ccc(OCc3c(Cl)cccc3Cl)c(OCC)c2)n2ncnc2N1. The van der Waals surface area contributed by atoms with Gasteiger partial charge in [0.15, 0.2) is 11.5 Å². The summed E-state index contributed by atoms with van der Waals surface area (Å²) >= 11 is 12.6. The van der Waals surface area contributed by atoms with Crippen LogP contribution in [0.15, 0.2) is 54.0 Å². The minimum Gasteiger partial charge on any atom is -0.490 e. The summed E-state index contributed by atoms with van der Waals surface area (Å²) in [5.74, 6) is 1.22. The molecule has 3 aromatic rings. The van der Waals surface area contributed by atoms with E-state index in [4.69, 9.17) is 37.4 Å². The van der Waals surface area contributed by atoms with E-state index in [1.165, 1.54) is 6.33 Å². The second-order valence-corrected chi connectivity index (χ2v) is 8.86. The van der Waals surface area contributed by atoms with E-state index < -0.39 is 12.0 Å². The van der Waals surface area contributed by atoms with Gasteiger partial charge in [0.1, 0.15) is 19.0 Å². The zero-order valence-corrected chi connectivity index (χ0v) is 21.9. The van der Waals surface area contributed by atoms with Crippen LogP contribution in [0.3, 0.4) is 0 Å². The predicted octanol–water partition coefficient (Wildman–Crippen LogP) is 6.19. The maximum atomic E-state index is 13.1. The van der Waals surface area contributed by atoms with Gasteiger partial charge in [-0.2, -0.15) is 10.1 Å². The topological polar surface area (TPSA) is 87.5 Å². The van der Waals surface area contributed by atoms with Crippen LogP contribution < -0.4 is 14.8 Å². The lowest BCUT2D eigenvalue weighted by Gasteiger charge is -2.29. The standard InChI is InChI=1S/C26H28Cl2N4O4/c1-4-8-20-23(25(33)35-6-3)24(32-26(31-20)29-15-30-32)16-11-12-21(22(13-16)34-5-2)36-14-17-18(27)9-7-10-19(17)28/h7,9-13,15,24H,4-6,8,14H2,1-3H3,(H,29,30,31)/t24-/m1/s1. The van der Waals surface area contributed by atoms with Crippen LogP contribution in [-0.4, -0.2) is 33.9 Å². The highest BCUT2D eigenvalue weighted by Crippen LogP contribution is 2.40. The van der Waals surface area contributed by atoms with Crippen molar-refractivity contribution in [3.8, 4) is 11.5 Å². The monoisotopic (exact) mass is 530 g/mol. The number of carbonyl (C=O) groups is 1. The van der Waals surface area contributed by atoms with E-state index in [1.807, 2.05) is 25.1 Å². The van der Waals surface area contributed by atoms with Crippen molar-refractivity contribution >= 4 is 35.1 Å². The molecule has 2 heterocycles. The smallest absolute Gasteiger partial charge is 0.338 e. The lowest BCUT2D eigenvalue weighted by atomic mass is 9.93. The molecule has 1 aliphatic heterocycles. The van der Waals surface area contributed by atoms with Crippen molar-refractivity contribution in [2.24, 2.45) is 0 Å². The third-order valence-electron chi connectivity index (χ3n) is 5.69. The normalized spacial score (nSPS) is 14.8. The van der Waals surface area contributed by atoms with Gasteiger partial charge in [0.05, 0.1) is 18.8 Å². The Morgan fingerprint density at radius 2 is 1.83 bits per heavy atom. The van der Waals surface area contributed by atoms with Crippen molar-refractivity contribution in [1.82, 2.24) is 14.8 Å². The minimum atomic E-state index is -0.546. The summed E-state index contributed by atoms with van der Waals surface area (Å²) in [6, 6.07) is 10.3. The molecule has 190 valence electrons. The van der Waals surface area contributed by atoms with Gasteiger partial charge in [-0.3, -0.25) is 0 Å². The van der Waals surface area contributed by atoms with Crippen molar-refractivity contribution < 1.29 is 19.0 Å². The van der Waals surface area contributed by atoms with Crippen LogP contribution in [0.4, 0.5) is 5.95 Å². The number of nitrogens with zero attached hydrogens (tertiary/aromatic N) is 3. The number of fused-ring (bicyclic) bond motifs is 1. The average Bonchev–Trinajstić information content (AvgIpc) is 3.32. The first-order valence-electron chi connectivity index (χ1n) is 11.9. The number of anilines is 1. The molecule has 1 N–H and O–H groups in total. The number of carbonyl (C=O) groups excluding carboxylic acids is 1. The third-order valence-corrected chi connectivity index (χ3v) is 6.40. The quantitative estimate of drug-likeness (QED) is 0.312. The molecule has 1 atom stereocenters. The molecular formula is C26H28Cl2N4O4. The lowest BCUT2D eigenvalue weighted by molar-refractivity contribution is -0.139. The zero-order chi connectivity index (χ0) is 25.7. The number of aromatic nitrogens is 3. The molecule has 1 aromatic heterocycles. The molecule has 0 spiro atoms. The number of hydrogen-bond acceptors (Lipinski definition) is 7. The Bertz CT molecular complexity index is 1250. The third kappa shape index (κ3) is 5.29. The highest BCUT2D eigenvalue weighted by atomic mass is 35.5. The Balaban J connectivity index is 1.74. The summed E-state index contributed by atoms with van der Waals surface area (Å²) in [5.41, 5.74) is 2.74. The molecule has 2 aromatic carbocycles. The molecule has 8 nitrogen and oxygen atoms in total. The maximum absolute atomic E-state index is 13.1. The predicted molar refractivity (Wildman–Crippen MR) is 139 cm³/mol. The summed E-state index contributed by atoms with van der Waals surface area (Å²) in [4.78, 5) is 17.5. The van der Waals surface area contributed by atoms with E-state index in [1.54, 1.807) is 29.8 Å². The largest absolute Gasteiger partial charge is 0.490 e. The fraction of sp³-hybridized carbons (Fsp3) is 0.346. The first kappa shape index (κ1) is 25.9. The molecule has 36 heavy (non-hydrogen) atoms. The van der Waals surface area contributed by atoms with Crippen LogP contribution in [-0.2, 0) is 16.1 Å². The minimum absolute atomic E-state index is 0.174. The Hall–Kier alpha value is -3.23. The van der Waals surface area contributed by atoms with Crippen molar-refractivity contribution in [3.63, 3.8) is 0 Å². The van der Waals surface area contributed by atoms with Crippen LogP contribution >= 0.6 is 23.2 Å². The van der Waals surface area contributed by atoms with Gasteiger partial charge in [-0.1, -0.05) is 48.7 Å². The average molecular weight is 531 g/mol. The first-order chi connectivity index (χ1) is 17.5. The van der Waals surface area contributed by atoms with Gasteiger partial charge in [-0.05, 0) is 50.1 Å². The molecule has 0 amide bonds. The van der Waals surface area contributed by atoms with E-state index in [-0.39, 0.29) is 13.2 Å². The number of ether oxygens (including phenoxy) is 3. The number of benzene rings is 2. The fourth-order valence-corrected chi connectivity index (χ4v) is 4.63. The maximum Gasteiger partial charge on any atom is 0.338 e. The van der Waals surface area contributed by atoms with Crippen LogP contribution in [0.1, 0.15) is 50.8 Å². The molecule has 0 radical (unpaired) electrons. The Kier molecular flexibility index (Phi) is 8.38. The number of rotatable bonds is 10. The number of nitrogens with one attached hydrogen (secondary N) is 1. The first-order valence-corrected chi connectivity index (χ1v) is 12.6. The second kappa shape index (κ2) is 11.7. The van der Waals surface area contributed by atoms with Crippen LogP contribution in [0.25, 0.3) is 0 Å². The lowest BCUT2D eigenvalue weighted by Crippen LogP contribution is -2.30. The van der Waals surface area contributed by atoms with Gasteiger partial charge in [0, 0.05) is 21.3 Å². The zero-order valence-electron chi connectivity index (χ0n) is 20.4. The molecule has 0 saturated heterocycles. The van der Waals surface area contributed by atoms with E-state index in [0.717, 1.165) is 17.7 Å². The highest BCUT2D eigenvalue weighted by molar-refractivity contribution is 6.35. The Labute approximate surface area is 220 Å². The summed E-state index contributed by atoms with van der Waals surface area (Å²) in [6.07, 6.45) is 2.96. The second-order valence-electron chi connectivity index (χ2n) is 8.05. The molecule has 4 rings (SSSR count). The van der Waals surface area contributed by atoms with Crippen molar-refractivity contribution in [3.05, 3.63) is 75.2 Å². The van der Waals surface area contributed by atoms with Crippen LogP contribution in [0.5, 0.6) is 11.5 Å². The van der Waals surface area contributed by atoms with Gasteiger partial charge in [0.25, 0.3) is 0 Å². The van der Waals surface area contributed by atoms with Gasteiger partial charge in [0.2, 0.25) is 5.95 Å². The Morgan fingerprint density at radius 3 is 2.53 bits per heavy atom. The molecule has 1 aliphatic rings. The Morgan fingerprint density at radius 1 is 1.06 bits per heavy atom. The molecule has 0 unspecified atom stereocenters. The van der Waals surface area contributed by atoms with Gasteiger partial charge in [-0.25, -0.2) is 9.48 Å². The molecule has 0 aliphatic carbocycles. The molecule has 10 heteroatoms. The van der Waals surface area contributed by atoms with Crippen molar-refractivity contribution in [1.29, 1.82) is 0 Å². The molecule has 0 bridgehead atoms. The van der Waals surface area contributed by atoms with Crippen LogP contribution in [0, 0.1) is 0 Å². The summed E-state index contributed by atoms with van der Waals surface area (Å²) in [7, 11) is 0. The van der Waals surface area contributed by atoms with E-state index in [0.29, 0.717) is 51.7 Å². The molecular weight excluding hydrogens is 503 g/mol. The summed E-state index contributed by atoms with van der Waals surface area (Å²) in [6.45, 7) is 6.60. The van der Waals surface area contributed by atoms with Crippen molar-refractivity contribution in [2.75, 3.05) is 18.5 Å². The van der Waals surface area contributed by atoms with Crippen molar-refractivity contribution in [2.45, 2.75) is 46.3 Å². The van der Waals surface area contributed by atoms with Gasteiger partial charge < -0.3 is 19.5 Å². The molecule has 0 saturated carbocycles.